The Balaban J connectivity index is 2.11. The first kappa shape index (κ1) is 12.3. The van der Waals surface area contributed by atoms with E-state index in [-0.39, 0.29) is 5.82 Å². The zero-order valence-electron chi connectivity index (χ0n) is 10.2. The smallest absolute Gasteiger partial charge is 0.243 e. The van der Waals surface area contributed by atoms with Gasteiger partial charge >= 0.3 is 0 Å². The van der Waals surface area contributed by atoms with Crippen LogP contribution in [0.5, 0.6) is 0 Å². The van der Waals surface area contributed by atoms with E-state index in [1.165, 1.54) is 12.1 Å². The summed E-state index contributed by atoms with van der Waals surface area (Å²) in [7, 11) is 0. The van der Waals surface area contributed by atoms with Gasteiger partial charge in [0.2, 0.25) is 11.9 Å². The monoisotopic (exact) mass is 249 g/mol. The predicted octanol–water partition coefficient (Wildman–Crippen LogP) is 1.87. The minimum Gasteiger partial charge on any atom is -0.368 e. The molecule has 6 heteroatoms. The standard InChI is InChI=1S/C12H16FN5/c1-2-6-15-12-16-11(14)18(17-12)8-9-4-3-5-10(13)7-9/h3-5,7H,2,6,8H2,1H3,(H3,14,15,16,17). The van der Waals surface area contributed by atoms with E-state index in [4.69, 9.17) is 5.73 Å². The van der Waals surface area contributed by atoms with Crippen molar-refractivity contribution in [1.29, 1.82) is 0 Å². The first-order chi connectivity index (χ1) is 8.69. The first-order valence-corrected chi connectivity index (χ1v) is 5.87. The number of halogens is 1. The van der Waals surface area contributed by atoms with Crippen LogP contribution in [0.2, 0.25) is 0 Å². The van der Waals surface area contributed by atoms with Gasteiger partial charge in [-0.1, -0.05) is 19.1 Å². The van der Waals surface area contributed by atoms with Crippen LogP contribution in [0.25, 0.3) is 0 Å². The molecule has 96 valence electrons. The van der Waals surface area contributed by atoms with Crippen LogP contribution in [0.1, 0.15) is 18.9 Å². The van der Waals surface area contributed by atoms with Crippen LogP contribution in [0.15, 0.2) is 24.3 Å². The SMILES string of the molecule is CCCNc1nc(N)n(Cc2cccc(F)c2)n1. The Bertz CT molecular complexity index is 523. The average Bonchev–Trinajstić information content (AvgIpc) is 2.68. The summed E-state index contributed by atoms with van der Waals surface area (Å²) in [6, 6.07) is 6.35. The van der Waals surface area contributed by atoms with Crippen molar-refractivity contribution >= 4 is 11.9 Å². The highest BCUT2D eigenvalue weighted by Gasteiger charge is 2.07. The van der Waals surface area contributed by atoms with Crippen molar-refractivity contribution in [3.05, 3.63) is 35.6 Å². The van der Waals surface area contributed by atoms with E-state index >= 15 is 0 Å². The number of hydrogen-bond donors (Lipinski definition) is 2. The normalized spacial score (nSPS) is 10.6. The molecule has 0 radical (unpaired) electrons. The average molecular weight is 249 g/mol. The Labute approximate surface area is 105 Å². The summed E-state index contributed by atoms with van der Waals surface area (Å²) in [6.07, 6.45) is 0.984. The van der Waals surface area contributed by atoms with Crippen LogP contribution in [0.3, 0.4) is 0 Å². The molecule has 0 unspecified atom stereocenters. The molecular weight excluding hydrogens is 233 g/mol. The van der Waals surface area contributed by atoms with Crippen molar-refractivity contribution in [1.82, 2.24) is 14.8 Å². The van der Waals surface area contributed by atoms with Crippen molar-refractivity contribution < 1.29 is 4.39 Å². The fraction of sp³-hybridized carbons (Fsp3) is 0.333. The van der Waals surface area contributed by atoms with Crippen molar-refractivity contribution in [2.45, 2.75) is 19.9 Å². The molecule has 0 saturated carbocycles. The van der Waals surface area contributed by atoms with Gasteiger partial charge in [0.1, 0.15) is 5.82 Å². The third-order valence-corrected chi connectivity index (χ3v) is 2.45. The minimum atomic E-state index is -0.268. The van der Waals surface area contributed by atoms with Crippen molar-refractivity contribution in [3.63, 3.8) is 0 Å². The molecule has 5 nitrogen and oxygen atoms in total. The third kappa shape index (κ3) is 2.97. The fourth-order valence-electron chi connectivity index (χ4n) is 1.59. The molecule has 2 rings (SSSR count). The molecule has 0 aliphatic carbocycles. The van der Waals surface area contributed by atoms with Crippen molar-refractivity contribution in [3.8, 4) is 0 Å². The lowest BCUT2D eigenvalue weighted by molar-refractivity contribution is 0.620. The van der Waals surface area contributed by atoms with Gasteiger partial charge in [0.25, 0.3) is 0 Å². The molecule has 0 aliphatic rings. The molecule has 0 spiro atoms. The molecule has 1 aromatic heterocycles. The molecule has 0 aliphatic heterocycles. The molecule has 0 fully saturated rings. The van der Waals surface area contributed by atoms with Crippen molar-refractivity contribution in [2.24, 2.45) is 0 Å². The van der Waals surface area contributed by atoms with Gasteiger partial charge in [-0.15, -0.1) is 5.10 Å². The lowest BCUT2D eigenvalue weighted by Gasteiger charge is -2.02. The summed E-state index contributed by atoms with van der Waals surface area (Å²) in [5.74, 6) is 0.555. The largest absolute Gasteiger partial charge is 0.368 e. The van der Waals surface area contributed by atoms with Gasteiger partial charge in [0.05, 0.1) is 6.54 Å². The first-order valence-electron chi connectivity index (χ1n) is 5.87. The molecule has 2 aromatic rings. The summed E-state index contributed by atoms with van der Waals surface area (Å²) in [6.45, 7) is 3.26. The van der Waals surface area contributed by atoms with Gasteiger partial charge in [0, 0.05) is 6.54 Å². The lowest BCUT2D eigenvalue weighted by Crippen LogP contribution is -2.07. The van der Waals surface area contributed by atoms with Gasteiger partial charge in [-0.2, -0.15) is 4.98 Å². The number of benzene rings is 1. The molecule has 18 heavy (non-hydrogen) atoms. The Kier molecular flexibility index (Phi) is 3.76. The number of anilines is 2. The Morgan fingerprint density at radius 3 is 3.00 bits per heavy atom. The van der Waals surface area contributed by atoms with Gasteiger partial charge in [0.15, 0.2) is 0 Å². The maximum absolute atomic E-state index is 13.1. The number of hydrogen-bond acceptors (Lipinski definition) is 4. The Hall–Kier alpha value is -2.11. The zero-order chi connectivity index (χ0) is 13.0. The molecule has 0 bridgehead atoms. The molecule has 0 amide bonds. The van der Waals surface area contributed by atoms with Crippen LogP contribution < -0.4 is 11.1 Å². The van der Waals surface area contributed by atoms with Crippen LogP contribution in [-0.4, -0.2) is 21.3 Å². The topological polar surface area (TPSA) is 68.8 Å². The number of nitrogen functional groups attached to an aromatic ring is 1. The Morgan fingerprint density at radius 2 is 2.28 bits per heavy atom. The van der Waals surface area contributed by atoms with E-state index in [0.29, 0.717) is 18.4 Å². The predicted molar refractivity (Wildman–Crippen MR) is 68.7 cm³/mol. The maximum Gasteiger partial charge on any atom is 0.243 e. The minimum absolute atomic E-state index is 0.268. The van der Waals surface area contributed by atoms with E-state index in [0.717, 1.165) is 18.5 Å². The van der Waals surface area contributed by atoms with Crippen LogP contribution in [0.4, 0.5) is 16.3 Å². The number of nitrogens with one attached hydrogen (secondary N) is 1. The van der Waals surface area contributed by atoms with E-state index in [9.17, 15) is 4.39 Å². The van der Waals surface area contributed by atoms with Gasteiger partial charge in [-0.05, 0) is 24.1 Å². The lowest BCUT2D eigenvalue weighted by atomic mass is 10.2. The molecule has 0 saturated heterocycles. The second kappa shape index (κ2) is 5.48. The van der Waals surface area contributed by atoms with E-state index < -0.39 is 0 Å². The summed E-state index contributed by atoms with van der Waals surface area (Å²) in [5.41, 5.74) is 6.55. The van der Waals surface area contributed by atoms with Crippen molar-refractivity contribution in [2.75, 3.05) is 17.6 Å². The fourth-order valence-corrected chi connectivity index (χ4v) is 1.59. The van der Waals surface area contributed by atoms with Crippen LogP contribution in [-0.2, 0) is 6.54 Å². The van der Waals surface area contributed by atoms with E-state index in [2.05, 4.69) is 22.3 Å². The highest BCUT2D eigenvalue weighted by Crippen LogP contribution is 2.10. The maximum atomic E-state index is 13.1. The summed E-state index contributed by atoms with van der Waals surface area (Å²) >= 11 is 0. The van der Waals surface area contributed by atoms with Crippen LogP contribution >= 0.6 is 0 Å². The summed E-state index contributed by atoms with van der Waals surface area (Å²) in [5, 5.41) is 7.27. The number of nitrogens with zero attached hydrogens (tertiary/aromatic N) is 3. The molecule has 3 N–H and O–H groups in total. The molecule has 1 aromatic carbocycles. The van der Waals surface area contributed by atoms with E-state index in [1.54, 1.807) is 10.7 Å². The zero-order valence-corrected chi connectivity index (χ0v) is 10.2. The summed E-state index contributed by atoms with van der Waals surface area (Å²) in [4.78, 5) is 4.09. The van der Waals surface area contributed by atoms with Crippen LogP contribution in [0, 0.1) is 5.82 Å². The van der Waals surface area contributed by atoms with Gasteiger partial charge < -0.3 is 11.1 Å². The van der Waals surface area contributed by atoms with E-state index in [1.807, 2.05) is 6.07 Å². The molecule has 0 atom stereocenters. The second-order valence-corrected chi connectivity index (χ2v) is 4.01. The number of rotatable bonds is 5. The molecule has 1 heterocycles. The number of nitrogens with two attached hydrogens (primary N) is 1. The quantitative estimate of drug-likeness (QED) is 0.848. The number of aromatic nitrogens is 3. The Morgan fingerprint density at radius 1 is 1.44 bits per heavy atom. The third-order valence-electron chi connectivity index (χ3n) is 2.45. The summed E-state index contributed by atoms with van der Waals surface area (Å²) < 4.78 is 14.6. The highest BCUT2D eigenvalue weighted by atomic mass is 19.1. The highest BCUT2D eigenvalue weighted by molar-refractivity contribution is 5.32. The molecular formula is C12H16FN5. The van der Waals surface area contributed by atoms with Gasteiger partial charge in [-0.25, -0.2) is 9.07 Å². The van der Waals surface area contributed by atoms with Gasteiger partial charge in [-0.3, -0.25) is 0 Å². The second-order valence-electron chi connectivity index (χ2n) is 4.01.